The number of nitrogen functional groups attached to an aromatic ring is 1. The van der Waals surface area contributed by atoms with Gasteiger partial charge in [0.2, 0.25) is 0 Å². The number of hydrogen-bond acceptors (Lipinski definition) is 3. The van der Waals surface area contributed by atoms with Crippen LogP contribution in [0, 0.1) is 0 Å². The number of benzene rings is 1. The summed E-state index contributed by atoms with van der Waals surface area (Å²) in [6.07, 6.45) is 0. The molecule has 0 saturated carbocycles. The number of nitrogens with zero attached hydrogens (tertiary/aromatic N) is 2. The number of hydrogen-bond donors (Lipinski definition) is 1. The zero-order valence-corrected chi connectivity index (χ0v) is 9.51. The molecule has 0 fully saturated rings. The third-order valence-electron chi connectivity index (χ3n) is 2.39. The highest BCUT2D eigenvalue weighted by Crippen LogP contribution is 2.20. The van der Waals surface area contributed by atoms with Crippen LogP contribution in [0.2, 0.25) is 0 Å². The van der Waals surface area contributed by atoms with Crippen LogP contribution in [0.5, 0.6) is 0 Å². The monoisotopic (exact) mass is 213 g/mol. The van der Waals surface area contributed by atoms with Gasteiger partial charge in [0.1, 0.15) is 5.82 Å². The SMILES string of the molecule is CC(C)c1cc(N)nc(-c2ccccc2)n1. The molecule has 0 amide bonds. The van der Waals surface area contributed by atoms with Crippen LogP contribution in [0.4, 0.5) is 5.82 Å². The molecule has 1 aromatic heterocycles. The first-order valence-corrected chi connectivity index (χ1v) is 5.36. The molecule has 2 aromatic rings. The molecule has 1 heterocycles. The first-order valence-electron chi connectivity index (χ1n) is 5.36. The van der Waals surface area contributed by atoms with Gasteiger partial charge in [-0.1, -0.05) is 44.2 Å². The van der Waals surface area contributed by atoms with Crippen molar-refractivity contribution in [2.75, 3.05) is 5.73 Å². The molecule has 0 atom stereocenters. The summed E-state index contributed by atoms with van der Waals surface area (Å²) in [5.74, 6) is 1.58. The van der Waals surface area contributed by atoms with E-state index in [0.29, 0.717) is 17.6 Å². The minimum atomic E-state index is 0.354. The van der Waals surface area contributed by atoms with E-state index >= 15 is 0 Å². The van der Waals surface area contributed by atoms with Gasteiger partial charge in [-0.2, -0.15) is 0 Å². The Morgan fingerprint density at radius 2 is 1.75 bits per heavy atom. The minimum Gasteiger partial charge on any atom is -0.384 e. The molecule has 0 saturated heterocycles. The third kappa shape index (κ3) is 2.19. The Hall–Kier alpha value is -1.90. The fourth-order valence-corrected chi connectivity index (χ4v) is 1.50. The van der Waals surface area contributed by atoms with Gasteiger partial charge < -0.3 is 5.73 Å². The molecule has 0 aliphatic carbocycles. The van der Waals surface area contributed by atoms with E-state index in [0.717, 1.165) is 11.3 Å². The summed E-state index contributed by atoms with van der Waals surface area (Å²) < 4.78 is 0. The van der Waals surface area contributed by atoms with E-state index in [-0.39, 0.29) is 0 Å². The number of rotatable bonds is 2. The van der Waals surface area contributed by atoms with Crippen molar-refractivity contribution in [1.82, 2.24) is 9.97 Å². The molecular formula is C13H15N3. The van der Waals surface area contributed by atoms with Crippen LogP contribution in [-0.4, -0.2) is 9.97 Å². The van der Waals surface area contributed by atoms with Crippen LogP contribution in [0.25, 0.3) is 11.4 Å². The Morgan fingerprint density at radius 1 is 1.06 bits per heavy atom. The van der Waals surface area contributed by atoms with E-state index in [1.807, 2.05) is 36.4 Å². The average molecular weight is 213 g/mol. The van der Waals surface area contributed by atoms with Gasteiger partial charge in [-0.15, -0.1) is 0 Å². The van der Waals surface area contributed by atoms with Gasteiger partial charge in [-0.25, -0.2) is 9.97 Å². The van der Waals surface area contributed by atoms with Gasteiger partial charge in [0.15, 0.2) is 5.82 Å². The van der Waals surface area contributed by atoms with Gasteiger partial charge in [0.05, 0.1) is 0 Å². The van der Waals surface area contributed by atoms with Crippen molar-refractivity contribution in [3.63, 3.8) is 0 Å². The molecule has 3 heteroatoms. The van der Waals surface area contributed by atoms with Gasteiger partial charge in [-0.05, 0) is 5.92 Å². The quantitative estimate of drug-likeness (QED) is 0.834. The van der Waals surface area contributed by atoms with Gasteiger partial charge >= 0.3 is 0 Å². The highest BCUT2D eigenvalue weighted by atomic mass is 14.9. The molecule has 0 aliphatic heterocycles. The molecule has 0 aliphatic rings. The zero-order chi connectivity index (χ0) is 11.5. The van der Waals surface area contributed by atoms with E-state index in [4.69, 9.17) is 5.73 Å². The summed E-state index contributed by atoms with van der Waals surface area (Å²) in [4.78, 5) is 8.77. The molecule has 1 aromatic carbocycles. The first-order chi connectivity index (χ1) is 7.66. The summed E-state index contributed by atoms with van der Waals surface area (Å²) in [6, 6.07) is 11.7. The lowest BCUT2D eigenvalue weighted by molar-refractivity contribution is 0.818. The highest BCUT2D eigenvalue weighted by molar-refractivity contribution is 5.56. The van der Waals surface area contributed by atoms with E-state index < -0.39 is 0 Å². The van der Waals surface area contributed by atoms with Crippen LogP contribution < -0.4 is 5.73 Å². The van der Waals surface area contributed by atoms with Crippen LogP contribution in [0.15, 0.2) is 36.4 Å². The average Bonchev–Trinajstić information content (AvgIpc) is 2.29. The summed E-state index contributed by atoms with van der Waals surface area (Å²) in [5, 5.41) is 0. The number of anilines is 1. The van der Waals surface area contributed by atoms with Crippen molar-refractivity contribution < 1.29 is 0 Å². The van der Waals surface area contributed by atoms with Crippen molar-refractivity contribution in [3.8, 4) is 11.4 Å². The van der Waals surface area contributed by atoms with Crippen LogP contribution in [-0.2, 0) is 0 Å². The van der Waals surface area contributed by atoms with Crippen molar-refractivity contribution in [3.05, 3.63) is 42.1 Å². The summed E-state index contributed by atoms with van der Waals surface area (Å²) in [7, 11) is 0. The third-order valence-corrected chi connectivity index (χ3v) is 2.39. The smallest absolute Gasteiger partial charge is 0.161 e. The Morgan fingerprint density at radius 3 is 2.38 bits per heavy atom. The summed E-state index contributed by atoms with van der Waals surface area (Å²) in [6.45, 7) is 4.19. The molecule has 2 N–H and O–H groups in total. The lowest BCUT2D eigenvalue weighted by atomic mass is 10.1. The van der Waals surface area contributed by atoms with Crippen LogP contribution in [0.1, 0.15) is 25.5 Å². The molecule has 0 unspecified atom stereocenters. The Balaban J connectivity index is 2.50. The normalized spacial score (nSPS) is 10.7. The number of nitrogens with two attached hydrogens (primary N) is 1. The second-order valence-corrected chi connectivity index (χ2v) is 4.06. The second kappa shape index (κ2) is 4.31. The van der Waals surface area contributed by atoms with E-state index in [1.165, 1.54) is 0 Å². The fourth-order valence-electron chi connectivity index (χ4n) is 1.50. The molecule has 0 bridgehead atoms. The van der Waals surface area contributed by atoms with E-state index in [1.54, 1.807) is 0 Å². The number of aromatic nitrogens is 2. The Kier molecular flexibility index (Phi) is 2.86. The zero-order valence-electron chi connectivity index (χ0n) is 9.51. The fraction of sp³-hybridized carbons (Fsp3) is 0.231. The first kappa shape index (κ1) is 10.6. The van der Waals surface area contributed by atoms with Crippen molar-refractivity contribution in [2.45, 2.75) is 19.8 Å². The second-order valence-electron chi connectivity index (χ2n) is 4.06. The molecule has 16 heavy (non-hydrogen) atoms. The van der Waals surface area contributed by atoms with E-state index in [9.17, 15) is 0 Å². The molecular weight excluding hydrogens is 198 g/mol. The molecule has 2 rings (SSSR count). The van der Waals surface area contributed by atoms with Crippen molar-refractivity contribution in [1.29, 1.82) is 0 Å². The van der Waals surface area contributed by atoms with Crippen LogP contribution in [0.3, 0.4) is 0 Å². The van der Waals surface area contributed by atoms with Crippen molar-refractivity contribution in [2.24, 2.45) is 0 Å². The van der Waals surface area contributed by atoms with Gasteiger partial charge in [0.25, 0.3) is 0 Å². The Bertz CT molecular complexity index is 478. The molecule has 0 radical (unpaired) electrons. The van der Waals surface area contributed by atoms with Gasteiger partial charge in [-0.3, -0.25) is 0 Å². The van der Waals surface area contributed by atoms with E-state index in [2.05, 4.69) is 23.8 Å². The summed E-state index contributed by atoms with van der Waals surface area (Å²) >= 11 is 0. The lowest BCUT2D eigenvalue weighted by Gasteiger charge is -2.08. The predicted octanol–water partition coefficient (Wildman–Crippen LogP) is 2.85. The molecule has 0 spiro atoms. The maximum atomic E-state index is 5.78. The molecule has 3 nitrogen and oxygen atoms in total. The van der Waals surface area contributed by atoms with Gasteiger partial charge in [0, 0.05) is 17.3 Å². The standard InChI is InChI=1S/C13H15N3/c1-9(2)11-8-12(14)16-13(15-11)10-6-4-3-5-7-10/h3-9H,1-2H3,(H2,14,15,16). The molecule has 82 valence electrons. The van der Waals surface area contributed by atoms with Crippen LogP contribution >= 0.6 is 0 Å². The highest BCUT2D eigenvalue weighted by Gasteiger charge is 2.07. The van der Waals surface area contributed by atoms with Crippen molar-refractivity contribution >= 4 is 5.82 Å². The predicted molar refractivity (Wildman–Crippen MR) is 66.0 cm³/mol. The Labute approximate surface area is 95.4 Å². The minimum absolute atomic E-state index is 0.354. The maximum absolute atomic E-state index is 5.78. The largest absolute Gasteiger partial charge is 0.384 e. The maximum Gasteiger partial charge on any atom is 0.161 e. The topological polar surface area (TPSA) is 51.8 Å². The summed E-state index contributed by atoms with van der Waals surface area (Å²) in [5.41, 5.74) is 7.76. The lowest BCUT2D eigenvalue weighted by Crippen LogP contribution is -2.01.